The summed E-state index contributed by atoms with van der Waals surface area (Å²) in [5.74, 6) is 0.666. The third-order valence-corrected chi connectivity index (χ3v) is 6.00. The van der Waals surface area contributed by atoms with Crippen LogP contribution in [0.25, 0.3) is 10.8 Å². The molecule has 1 saturated carbocycles. The van der Waals surface area contributed by atoms with Gasteiger partial charge in [-0.1, -0.05) is 13.8 Å². The SMILES string of the molecule is CCO[C@@H]1C[C@H](N(C)C(=O)c2nc(-c3ccco3)sc2C)C1(C)C. The van der Waals surface area contributed by atoms with Gasteiger partial charge in [-0.2, -0.15) is 0 Å². The van der Waals surface area contributed by atoms with Gasteiger partial charge in [-0.15, -0.1) is 11.3 Å². The fourth-order valence-electron chi connectivity index (χ4n) is 3.41. The summed E-state index contributed by atoms with van der Waals surface area (Å²) in [6.45, 7) is 8.96. The standard InChI is InChI=1S/C18H24N2O3S/c1-6-22-14-10-13(18(14,3)4)20(5)17(21)15-11(2)24-16(19-15)12-8-7-9-23-12/h7-9,13-14H,6,10H2,1-5H3/t13-,14+/m0/s1. The Kier molecular flexibility index (Phi) is 4.53. The highest BCUT2D eigenvalue weighted by Crippen LogP contribution is 2.46. The van der Waals surface area contributed by atoms with E-state index < -0.39 is 0 Å². The fraction of sp³-hybridized carbons (Fsp3) is 0.556. The smallest absolute Gasteiger partial charge is 0.273 e. The van der Waals surface area contributed by atoms with E-state index in [-0.39, 0.29) is 23.5 Å². The molecule has 130 valence electrons. The molecule has 0 radical (unpaired) electrons. The Bertz CT molecular complexity index is 721. The molecule has 0 spiro atoms. The van der Waals surface area contributed by atoms with Gasteiger partial charge in [-0.25, -0.2) is 4.98 Å². The first-order valence-electron chi connectivity index (χ1n) is 8.26. The van der Waals surface area contributed by atoms with Gasteiger partial charge in [0.2, 0.25) is 0 Å². The molecule has 6 heteroatoms. The molecule has 1 aliphatic rings. The second-order valence-electron chi connectivity index (χ2n) is 6.83. The van der Waals surface area contributed by atoms with Crippen LogP contribution in [0.1, 0.15) is 42.6 Å². The lowest BCUT2D eigenvalue weighted by Crippen LogP contribution is -2.62. The average Bonchev–Trinajstić information content (AvgIpc) is 3.19. The summed E-state index contributed by atoms with van der Waals surface area (Å²) in [5, 5.41) is 0.745. The largest absolute Gasteiger partial charge is 0.462 e. The molecule has 0 aromatic carbocycles. The third kappa shape index (κ3) is 2.78. The van der Waals surface area contributed by atoms with Crippen molar-refractivity contribution in [1.29, 1.82) is 0 Å². The van der Waals surface area contributed by atoms with E-state index in [1.165, 1.54) is 11.3 Å². The maximum absolute atomic E-state index is 12.9. The van der Waals surface area contributed by atoms with Crippen molar-refractivity contribution in [2.75, 3.05) is 13.7 Å². The van der Waals surface area contributed by atoms with Crippen molar-refractivity contribution in [1.82, 2.24) is 9.88 Å². The second kappa shape index (κ2) is 6.33. The molecule has 0 N–H and O–H groups in total. The Morgan fingerprint density at radius 2 is 2.29 bits per heavy atom. The number of furan rings is 1. The lowest BCUT2D eigenvalue weighted by atomic mass is 9.63. The van der Waals surface area contributed by atoms with Crippen LogP contribution in [0.4, 0.5) is 0 Å². The van der Waals surface area contributed by atoms with Crippen molar-refractivity contribution in [3.63, 3.8) is 0 Å². The number of aromatic nitrogens is 1. The van der Waals surface area contributed by atoms with E-state index in [4.69, 9.17) is 9.15 Å². The minimum Gasteiger partial charge on any atom is -0.462 e. The van der Waals surface area contributed by atoms with Crippen LogP contribution in [0.3, 0.4) is 0 Å². The summed E-state index contributed by atoms with van der Waals surface area (Å²) in [7, 11) is 1.86. The Hall–Kier alpha value is -1.66. The molecule has 2 aromatic heterocycles. The lowest BCUT2D eigenvalue weighted by molar-refractivity contribution is -0.136. The van der Waals surface area contributed by atoms with Crippen LogP contribution in [0, 0.1) is 12.3 Å². The van der Waals surface area contributed by atoms with Gasteiger partial charge in [-0.3, -0.25) is 4.79 Å². The van der Waals surface area contributed by atoms with Crippen molar-refractivity contribution in [2.24, 2.45) is 5.41 Å². The molecule has 0 saturated heterocycles. The number of ether oxygens (including phenoxy) is 1. The van der Waals surface area contributed by atoms with Crippen molar-refractivity contribution in [3.05, 3.63) is 29.0 Å². The number of hydrogen-bond acceptors (Lipinski definition) is 5. The highest BCUT2D eigenvalue weighted by Gasteiger charge is 2.52. The van der Waals surface area contributed by atoms with Crippen LogP contribution in [-0.2, 0) is 4.74 Å². The zero-order valence-electron chi connectivity index (χ0n) is 14.8. The Balaban J connectivity index is 1.78. The van der Waals surface area contributed by atoms with Crippen molar-refractivity contribution in [2.45, 2.75) is 46.3 Å². The van der Waals surface area contributed by atoms with Crippen molar-refractivity contribution in [3.8, 4) is 10.8 Å². The molecule has 2 atom stereocenters. The predicted octanol–water partition coefficient (Wildman–Crippen LogP) is 3.99. The average molecular weight is 348 g/mol. The summed E-state index contributed by atoms with van der Waals surface area (Å²) in [5.41, 5.74) is 0.471. The van der Waals surface area contributed by atoms with Gasteiger partial charge in [-0.05, 0) is 32.4 Å². The van der Waals surface area contributed by atoms with Crippen molar-refractivity contribution < 1.29 is 13.9 Å². The van der Waals surface area contributed by atoms with Crippen LogP contribution < -0.4 is 0 Å². The summed E-state index contributed by atoms with van der Waals surface area (Å²) in [6.07, 6.45) is 2.69. The van der Waals surface area contributed by atoms with Gasteiger partial charge in [0.25, 0.3) is 5.91 Å². The van der Waals surface area contributed by atoms with E-state index in [9.17, 15) is 4.79 Å². The molecule has 3 rings (SSSR count). The Labute approximate surface area is 146 Å². The molecule has 2 aromatic rings. The molecule has 1 amide bonds. The maximum atomic E-state index is 12.9. The van der Waals surface area contributed by atoms with E-state index in [0.29, 0.717) is 18.1 Å². The van der Waals surface area contributed by atoms with E-state index in [0.717, 1.165) is 16.3 Å². The molecule has 1 aliphatic carbocycles. The van der Waals surface area contributed by atoms with Crippen LogP contribution in [0.15, 0.2) is 22.8 Å². The quantitative estimate of drug-likeness (QED) is 0.820. The number of carbonyl (C=O) groups is 1. The molecular formula is C18H24N2O3S. The van der Waals surface area contributed by atoms with Crippen LogP contribution in [0.2, 0.25) is 0 Å². The van der Waals surface area contributed by atoms with Crippen LogP contribution in [0.5, 0.6) is 0 Å². The molecule has 5 nitrogen and oxygen atoms in total. The molecular weight excluding hydrogens is 324 g/mol. The van der Waals surface area contributed by atoms with Gasteiger partial charge in [0, 0.05) is 30.0 Å². The zero-order valence-corrected chi connectivity index (χ0v) is 15.6. The van der Waals surface area contributed by atoms with Gasteiger partial charge < -0.3 is 14.1 Å². The summed E-state index contributed by atoms with van der Waals surface area (Å²) in [6, 6.07) is 3.84. The number of amides is 1. The van der Waals surface area contributed by atoms with Gasteiger partial charge in [0.15, 0.2) is 10.8 Å². The number of aryl methyl sites for hydroxylation is 1. The maximum Gasteiger partial charge on any atom is 0.273 e. The predicted molar refractivity (Wildman–Crippen MR) is 94.2 cm³/mol. The molecule has 1 fully saturated rings. The van der Waals surface area contributed by atoms with Gasteiger partial charge >= 0.3 is 0 Å². The van der Waals surface area contributed by atoms with E-state index in [1.54, 1.807) is 6.26 Å². The fourth-order valence-corrected chi connectivity index (χ4v) is 4.29. The number of hydrogen-bond donors (Lipinski definition) is 0. The molecule has 24 heavy (non-hydrogen) atoms. The molecule has 2 heterocycles. The summed E-state index contributed by atoms with van der Waals surface area (Å²) >= 11 is 1.49. The highest BCUT2D eigenvalue weighted by molar-refractivity contribution is 7.15. The Morgan fingerprint density at radius 1 is 1.54 bits per heavy atom. The van der Waals surface area contributed by atoms with Gasteiger partial charge in [0.05, 0.1) is 12.4 Å². The van der Waals surface area contributed by atoms with Crippen molar-refractivity contribution >= 4 is 17.2 Å². The minimum absolute atomic E-state index is 0.0328. The second-order valence-corrected chi connectivity index (χ2v) is 8.04. The van der Waals surface area contributed by atoms with Crippen LogP contribution >= 0.6 is 11.3 Å². The highest BCUT2D eigenvalue weighted by atomic mass is 32.1. The number of rotatable bonds is 5. The van der Waals surface area contributed by atoms with E-state index >= 15 is 0 Å². The monoisotopic (exact) mass is 348 g/mol. The molecule has 0 aliphatic heterocycles. The van der Waals surface area contributed by atoms with Gasteiger partial charge in [0.1, 0.15) is 5.69 Å². The number of carbonyl (C=O) groups excluding carboxylic acids is 1. The molecule has 0 bridgehead atoms. The summed E-state index contributed by atoms with van der Waals surface area (Å²) < 4.78 is 11.2. The lowest BCUT2D eigenvalue weighted by Gasteiger charge is -2.54. The number of nitrogens with zero attached hydrogens (tertiary/aromatic N) is 2. The minimum atomic E-state index is -0.0474. The zero-order chi connectivity index (χ0) is 17.5. The topological polar surface area (TPSA) is 55.6 Å². The third-order valence-electron chi connectivity index (χ3n) is 5.01. The van der Waals surface area contributed by atoms with E-state index in [1.807, 2.05) is 37.9 Å². The first kappa shape index (κ1) is 17.2. The van der Waals surface area contributed by atoms with E-state index in [2.05, 4.69) is 18.8 Å². The number of thiazole rings is 1. The Morgan fingerprint density at radius 3 is 2.88 bits per heavy atom. The van der Waals surface area contributed by atoms with Crippen LogP contribution in [-0.4, -0.2) is 41.6 Å². The first-order chi connectivity index (χ1) is 11.4. The molecule has 0 unspecified atom stereocenters. The summed E-state index contributed by atoms with van der Waals surface area (Å²) in [4.78, 5) is 20.2. The normalized spacial score (nSPS) is 22.2. The first-order valence-corrected chi connectivity index (χ1v) is 9.08.